The second kappa shape index (κ2) is 8.63. The lowest BCUT2D eigenvalue weighted by Gasteiger charge is -2.30. The average Bonchev–Trinajstić information content (AvgIpc) is 3.29. The molecule has 0 saturated carbocycles. The topological polar surface area (TPSA) is 56.1 Å². The molecule has 1 unspecified atom stereocenters. The van der Waals surface area contributed by atoms with Gasteiger partial charge in [0.15, 0.2) is 6.23 Å². The number of hydrogen-bond acceptors (Lipinski definition) is 5. The maximum atomic E-state index is 13.7. The summed E-state index contributed by atoms with van der Waals surface area (Å²) < 4.78 is 48.6. The smallest absolute Gasteiger partial charge is 0.356 e. The molecule has 2 aliphatic heterocycles. The van der Waals surface area contributed by atoms with E-state index in [9.17, 15) is 13.2 Å². The van der Waals surface area contributed by atoms with Crippen molar-refractivity contribution < 1.29 is 17.9 Å². The molecule has 0 radical (unpaired) electrons. The predicted molar refractivity (Wildman–Crippen MR) is 111 cm³/mol. The van der Waals surface area contributed by atoms with E-state index in [1.165, 1.54) is 0 Å². The first-order chi connectivity index (χ1) is 15.5. The highest BCUT2D eigenvalue weighted by atomic mass is 19.4. The van der Waals surface area contributed by atoms with Crippen LogP contribution in [0.5, 0.6) is 0 Å². The fourth-order valence-corrected chi connectivity index (χ4v) is 4.45. The van der Waals surface area contributed by atoms with Crippen molar-refractivity contribution in [2.45, 2.75) is 51.2 Å². The van der Waals surface area contributed by atoms with Crippen LogP contribution in [0.3, 0.4) is 0 Å². The lowest BCUT2D eigenvalue weighted by Crippen LogP contribution is -2.32. The Bertz CT molecular complexity index is 1080. The zero-order valence-corrected chi connectivity index (χ0v) is 17.6. The van der Waals surface area contributed by atoms with Gasteiger partial charge in [-0.05, 0) is 37.3 Å². The van der Waals surface area contributed by atoms with E-state index >= 15 is 0 Å². The third kappa shape index (κ3) is 4.27. The van der Waals surface area contributed by atoms with Crippen molar-refractivity contribution in [3.05, 3.63) is 65.2 Å². The van der Waals surface area contributed by atoms with Gasteiger partial charge in [-0.3, -0.25) is 4.90 Å². The number of fused-ring (bicyclic) bond motifs is 1. The van der Waals surface area contributed by atoms with Crippen molar-refractivity contribution in [2.24, 2.45) is 0 Å². The molecule has 5 rings (SSSR count). The lowest BCUT2D eigenvalue weighted by atomic mass is 10.00. The molecule has 6 nitrogen and oxygen atoms in total. The molecule has 1 atom stereocenters. The maximum absolute atomic E-state index is 13.7. The average molecular weight is 443 g/mol. The van der Waals surface area contributed by atoms with Crippen LogP contribution in [0.25, 0.3) is 11.4 Å². The van der Waals surface area contributed by atoms with Crippen molar-refractivity contribution in [1.29, 1.82) is 0 Å². The fourth-order valence-electron chi connectivity index (χ4n) is 4.45. The minimum Gasteiger partial charge on any atom is -0.356 e. The molecule has 1 aromatic carbocycles. The second-order valence-corrected chi connectivity index (χ2v) is 8.25. The summed E-state index contributed by atoms with van der Waals surface area (Å²) >= 11 is 0. The van der Waals surface area contributed by atoms with Gasteiger partial charge < -0.3 is 4.74 Å². The van der Waals surface area contributed by atoms with E-state index in [2.05, 4.69) is 20.0 Å². The molecule has 0 spiro atoms. The molecule has 9 heteroatoms. The van der Waals surface area contributed by atoms with Crippen LogP contribution in [0, 0.1) is 0 Å². The summed E-state index contributed by atoms with van der Waals surface area (Å²) in [5.74, 6) is -1.11. The largest absolute Gasteiger partial charge is 0.451 e. The Kier molecular flexibility index (Phi) is 5.69. The quantitative estimate of drug-likeness (QED) is 0.589. The van der Waals surface area contributed by atoms with Crippen LogP contribution in [0.15, 0.2) is 42.6 Å². The van der Waals surface area contributed by atoms with Crippen LogP contribution < -0.4 is 0 Å². The van der Waals surface area contributed by atoms with Crippen molar-refractivity contribution in [1.82, 2.24) is 24.6 Å². The fraction of sp³-hybridized carbons (Fsp3) is 0.435. The number of hydrogen-bond donors (Lipinski definition) is 0. The monoisotopic (exact) mass is 443 g/mol. The molecule has 0 N–H and O–H groups in total. The van der Waals surface area contributed by atoms with Crippen molar-refractivity contribution in [3.8, 4) is 11.4 Å². The van der Waals surface area contributed by atoms with Crippen LogP contribution in [0.1, 0.15) is 48.1 Å². The Morgan fingerprint density at radius 1 is 1.06 bits per heavy atom. The van der Waals surface area contributed by atoms with Gasteiger partial charge in [0.25, 0.3) is 0 Å². The third-order valence-electron chi connectivity index (χ3n) is 5.99. The van der Waals surface area contributed by atoms with Crippen LogP contribution in [-0.4, -0.2) is 37.8 Å². The second-order valence-electron chi connectivity index (χ2n) is 8.25. The van der Waals surface area contributed by atoms with Gasteiger partial charge >= 0.3 is 6.18 Å². The standard InChI is InChI=1S/C23H24F3N5O/c24-23(25,26)22-28-18-15-30(14-16-6-2-1-3-7-16)12-10-17(18)21(29-22)19-9-11-27-31(19)20-8-4-5-13-32-20/h1-3,6-7,9,11,20H,4-5,8,10,12-15H2. The number of halogens is 3. The first-order valence-corrected chi connectivity index (χ1v) is 10.9. The van der Waals surface area contributed by atoms with E-state index in [1.807, 2.05) is 30.3 Å². The van der Waals surface area contributed by atoms with Gasteiger partial charge in [-0.25, -0.2) is 14.6 Å². The summed E-state index contributed by atoms with van der Waals surface area (Å²) in [5.41, 5.74) is 3.18. The number of rotatable bonds is 4. The summed E-state index contributed by atoms with van der Waals surface area (Å²) in [6.45, 7) is 2.34. The molecular formula is C23H24F3N5O. The molecule has 0 bridgehead atoms. The molecule has 3 aromatic rings. The summed E-state index contributed by atoms with van der Waals surface area (Å²) in [4.78, 5) is 10.1. The first kappa shape index (κ1) is 21.1. The van der Waals surface area contributed by atoms with Crippen molar-refractivity contribution >= 4 is 0 Å². The predicted octanol–water partition coefficient (Wildman–Crippen LogP) is 4.62. The molecular weight excluding hydrogens is 419 g/mol. The van der Waals surface area contributed by atoms with Crippen LogP contribution in [0.4, 0.5) is 13.2 Å². The van der Waals surface area contributed by atoms with Crippen molar-refractivity contribution in [2.75, 3.05) is 13.2 Å². The van der Waals surface area contributed by atoms with Gasteiger partial charge in [0, 0.05) is 38.0 Å². The molecule has 4 heterocycles. The highest BCUT2D eigenvalue weighted by Gasteiger charge is 2.38. The lowest BCUT2D eigenvalue weighted by molar-refractivity contribution is -0.145. The highest BCUT2D eigenvalue weighted by molar-refractivity contribution is 5.61. The number of ether oxygens (including phenoxy) is 1. The Hall–Kier alpha value is -2.78. The van der Waals surface area contributed by atoms with E-state index in [4.69, 9.17) is 4.74 Å². The molecule has 2 aromatic heterocycles. The van der Waals surface area contributed by atoms with E-state index in [0.29, 0.717) is 43.2 Å². The van der Waals surface area contributed by atoms with E-state index in [0.717, 1.165) is 36.9 Å². The molecule has 1 saturated heterocycles. The molecule has 1 fully saturated rings. The van der Waals surface area contributed by atoms with Crippen LogP contribution in [-0.2, 0) is 30.4 Å². The molecule has 2 aliphatic rings. The van der Waals surface area contributed by atoms with Crippen molar-refractivity contribution in [3.63, 3.8) is 0 Å². The van der Waals surface area contributed by atoms with Gasteiger partial charge in [0.2, 0.25) is 5.82 Å². The maximum Gasteiger partial charge on any atom is 0.451 e. The summed E-state index contributed by atoms with van der Waals surface area (Å²) in [6.07, 6.45) is 0.00847. The van der Waals surface area contributed by atoms with Gasteiger partial charge in [-0.2, -0.15) is 18.3 Å². The number of alkyl halides is 3. The molecule has 32 heavy (non-hydrogen) atoms. The minimum absolute atomic E-state index is 0.285. The molecule has 0 aliphatic carbocycles. The Labute approximate surface area is 184 Å². The minimum atomic E-state index is -4.63. The van der Waals surface area contributed by atoms with E-state index in [-0.39, 0.29) is 6.23 Å². The summed E-state index contributed by atoms with van der Waals surface area (Å²) in [6, 6.07) is 11.6. The Balaban J connectivity index is 1.52. The van der Waals surface area contributed by atoms with E-state index < -0.39 is 12.0 Å². The SMILES string of the molecule is FC(F)(F)c1nc2c(c(-c3ccnn3C3CCCCO3)n1)CCN(Cc1ccccc1)C2. The molecule has 0 amide bonds. The number of benzene rings is 1. The van der Waals surface area contributed by atoms with Gasteiger partial charge in [0.1, 0.15) is 0 Å². The summed E-state index contributed by atoms with van der Waals surface area (Å²) in [7, 11) is 0. The third-order valence-corrected chi connectivity index (χ3v) is 5.99. The number of aromatic nitrogens is 4. The van der Waals surface area contributed by atoms with Crippen LogP contribution in [0.2, 0.25) is 0 Å². The Morgan fingerprint density at radius 3 is 2.66 bits per heavy atom. The zero-order chi connectivity index (χ0) is 22.1. The van der Waals surface area contributed by atoms with E-state index in [1.54, 1.807) is 16.9 Å². The summed E-state index contributed by atoms with van der Waals surface area (Å²) in [5, 5.41) is 4.37. The first-order valence-electron chi connectivity index (χ1n) is 10.9. The normalized spacial score (nSPS) is 19.7. The van der Waals surface area contributed by atoms with Gasteiger partial charge in [-0.15, -0.1) is 0 Å². The zero-order valence-electron chi connectivity index (χ0n) is 17.6. The molecule has 168 valence electrons. The van der Waals surface area contributed by atoms with Gasteiger partial charge in [0.05, 0.1) is 17.1 Å². The highest BCUT2D eigenvalue weighted by Crippen LogP contribution is 2.35. The van der Waals surface area contributed by atoms with Crippen LogP contribution >= 0.6 is 0 Å². The van der Waals surface area contributed by atoms with Gasteiger partial charge in [-0.1, -0.05) is 30.3 Å². The number of nitrogens with zero attached hydrogens (tertiary/aromatic N) is 5. The Morgan fingerprint density at radius 2 is 1.91 bits per heavy atom.